The van der Waals surface area contributed by atoms with Gasteiger partial charge >= 0.3 is 0 Å². The van der Waals surface area contributed by atoms with Crippen LogP contribution in [-0.4, -0.2) is 12.4 Å². The van der Waals surface area contributed by atoms with E-state index in [1.165, 1.54) is 5.56 Å². The number of carbonyl (C=O) groups is 1. The maximum Gasteiger partial charge on any atom is 0.227 e. The summed E-state index contributed by atoms with van der Waals surface area (Å²) >= 11 is 0. The highest BCUT2D eigenvalue weighted by atomic mass is 16.5. The van der Waals surface area contributed by atoms with Crippen molar-refractivity contribution in [2.75, 3.05) is 6.61 Å². The van der Waals surface area contributed by atoms with Crippen LogP contribution in [0.1, 0.15) is 27.9 Å². The average molecular weight is 202 g/mol. The largest absolute Gasteiger partial charge is 0.489 e. The molecule has 0 amide bonds. The van der Waals surface area contributed by atoms with E-state index in [0.29, 0.717) is 12.4 Å². The first-order chi connectivity index (χ1) is 7.18. The molecule has 0 unspecified atom stereocenters. The fourth-order valence-electron chi connectivity index (χ4n) is 1.78. The first-order valence-corrected chi connectivity index (χ1v) is 5.13. The summed E-state index contributed by atoms with van der Waals surface area (Å²) < 4.78 is 5.27. The number of allylic oxidation sites excluding steroid dienone is 1. The zero-order chi connectivity index (χ0) is 10.8. The van der Waals surface area contributed by atoms with Crippen LogP contribution in [0, 0.1) is 13.8 Å². The van der Waals surface area contributed by atoms with E-state index in [1.807, 2.05) is 38.1 Å². The molecule has 1 aromatic carbocycles. The summed E-state index contributed by atoms with van der Waals surface area (Å²) in [5.41, 5.74) is 2.93. The van der Waals surface area contributed by atoms with Crippen molar-refractivity contribution in [3.8, 4) is 0 Å². The lowest BCUT2D eigenvalue weighted by Crippen LogP contribution is -2.06. The first kappa shape index (κ1) is 9.97. The van der Waals surface area contributed by atoms with E-state index < -0.39 is 0 Å². The molecule has 1 aromatic rings. The summed E-state index contributed by atoms with van der Waals surface area (Å²) in [6.45, 7) is 4.61. The second-order valence-corrected chi connectivity index (χ2v) is 3.85. The van der Waals surface area contributed by atoms with Crippen molar-refractivity contribution in [3.05, 3.63) is 46.7 Å². The van der Waals surface area contributed by atoms with Gasteiger partial charge in [-0.05, 0) is 25.5 Å². The number of hydrogen-bond donors (Lipinski definition) is 0. The van der Waals surface area contributed by atoms with Crippen molar-refractivity contribution >= 4 is 5.78 Å². The third kappa shape index (κ3) is 1.94. The fraction of sp³-hybridized carbons (Fsp3) is 0.308. The van der Waals surface area contributed by atoms with Crippen LogP contribution in [0.5, 0.6) is 0 Å². The second kappa shape index (κ2) is 3.89. The molecule has 0 spiro atoms. The van der Waals surface area contributed by atoms with Gasteiger partial charge in [0.05, 0.1) is 6.61 Å². The number of Topliss-reactive ketones (excluding diaryl/α,β-unsaturated/α-hetero) is 1. The first-order valence-electron chi connectivity index (χ1n) is 5.13. The van der Waals surface area contributed by atoms with Crippen molar-refractivity contribution in [1.29, 1.82) is 0 Å². The van der Waals surface area contributed by atoms with Crippen LogP contribution in [0.2, 0.25) is 0 Å². The van der Waals surface area contributed by atoms with Crippen LogP contribution >= 0.6 is 0 Å². The normalized spacial score (nSPS) is 14.7. The summed E-state index contributed by atoms with van der Waals surface area (Å²) in [6.07, 6.45) is 2.70. The second-order valence-electron chi connectivity index (χ2n) is 3.85. The van der Waals surface area contributed by atoms with E-state index in [4.69, 9.17) is 4.74 Å². The number of ketones is 1. The molecule has 1 aliphatic rings. The van der Waals surface area contributed by atoms with Gasteiger partial charge in [-0.1, -0.05) is 23.8 Å². The van der Waals surface area contributed by atoms with Gasteiger partial charge in [0.2, 0.25) is 5.78 Å². The van der Waals surface area contributed by atoms with Crippen LogP contribution in [0.25, 0.3) is 0 Å². The molecule has 2 rings (SSSR count). The summed E-state index contributed by atoms with van der Waals surface area (Å²) in [5, 5.41) is 0. The summed E-state index contributed by atoms with van der Waals surface area (Å²) in [6, 6.07) is 5.84. The van der Waals surface area contributed by atoms with Crippen LogP contribution in [0.15, 0.2) is 30.0 Å². The molecule has 0 aromatic heterocycles. The minimum absolute atomic E-state index is 0.00463. The quantitative estimate of drug-likeness (QED) is 0.689. The van der Waals surface area contributed by atoms with E-state index in [2.05, 4.69) is 0 Å². The molecule has 2 heteroatoms. The molecule has 0 N–H and O–H groups in total. The molecule has 0 fully saturated rings. The van der Waals surface area contributed by atoms with E-state index >= 15 is 0 Å². The molecule has 1 heterocycles. The molecule has 0 saturated heterocycles. The highest BCUT2D eigenvalue weighted by Gasteiger charge is 2.18. The third-order valence-corrected chi connectivity index (χ3v) is 2.56. The van der Waals surface area contributed by atoms with Gasteiger partial charge in [-0.15, -0.1) is 0 Å². The number of hydrogen-bond acceptors (Lipinski definition) is 2. The predicted molar refractivity (Wildman–Crippen MR) is 58.9 cm³/mol. The van der Waals surface area contributed by atoms with E-state index in [0.717, 1.165) is 17.5 Å². The lowest BCUT2D eigenvalue weighted by molar-refractivity contribution is 0.0941. The van der Waals surface area contributed by atoms with Crippen LogP contribution in [0.4, 0.5) is 0 Å². The Bertz CT molecular complexity index is 430. The molecule has 2 nitrogen and oxygen atoms in total. The number of aryl methyl sites for hydroxylation is 2. The smallest absolute Gasteiger partial charge is 0.227 e. The number of benzene rings is 1. The number of rotatable bonds is 2. The Balaban J connectivity index is 2.33. The lowest BCUT2D eigenvalue weighted by Gasteiger charge is -2.06. The maximum atomic E-state index is 12.0. The van der Waals surface area contributed by atoms with Crippen molar-refractivity contribution in [3.63, 3.8) is 0 Å². The van der Waals surface area contributed by atoms with Crippen molar-refractivity contribution in [1.82, 2.24) is 0 Å². The Morgan fingerprint density at radius 3 is 2.73 bits per heavy atom. The zero-order valence-corrected chi connectivity index (χ0v) is 9.04. The maximum absolute atomic E-state index is 12.0. The summed E-state index contributed by atoms with van der Waals surface area (Å²) in [7, 11) is 0. The van der Waals surface area contributed by atoms with E-state index in [-0.39, 0.29) is 5.78 Å². The van der Waals surface area contributed by atoms with Gasteiger partial charge in [-0.2, -0.15) is 0 Å². The van der Waals surface area contributed by atoms with Gasteiger partial charge in [0, 0.05) is 12.0 Å². The SMILES string of the molecule is Cc1ccc(C(=O)C2=CCCO2)c(C)c1. The average Bonchev–Trinajstić information content (AvgIpc) is 2.69. The Labute approximate surface area is 89.6 Å². The molecule has 0 saturated carbocycles. The van der Waals surface area contributed by atoms with Gasteiger partial charge in [0.25, 0.3) is 0 Å². The van der Waals surface area contributed by atoms with E-state index in [9.17, 15) is 4.79 Å². The zero-order valence-electron chi connectivity index (χ0n) is 9.04. The minimum atomic E-state index is 0.00463. The minimum Gasteiger partial charge on any atom is -0.489 e. The summed E-state index contributed by atoms with van der Waals surface area (Å²) in [4.78, 5) is 12.0. The lowest BCUT2D eigenvalue weighted by atomic mass is 10.0. The van der Waals surface area contributed by atoms with Gasteiger partial charge in [-0.3, -0.25) is 4.79 Å². The monoisotopic (exact) mass is 202 g/mol. The Kier molecular flexibility index (Phi) is 2.58. The molecule has 1 aliphatic heterocycles. The van der Waals surface area contributed by atoms with Crippen LogP contribution < -0.4 is 0 Å². The van der Waals surface area contributed by atoms with Gasteiger partial charge in [0.15, 0.2) is 5.76 Å². The molecule has 15 heavy (non-hydrogen) atoms. The van der Waals surface area contributed by atoms with Crippen LogP contribution in [-0.2, 0) is 4.74 Å². The Morgan fingerprint density at radius 2 is 2.13 bits per heavy atom. The Hall–Kier alpha value is -1.57. The topological polar surface area (TPSA) is 26.3 Å². The van der Waals surface area contributed by atoms with Gasteiger partial charge in [-0.25, -0.2) is 0 Å². The molecular formula is C13H14O2. The highest BCUT2D eigenvalue weighted by Crippen LogP contribution is 2.19. The highest BCUT2D eigenvalue weighted by molar-refractivity contribution is 6.08. The van der Waals surface area contributed by atoms with Crippen molar-refractivity contribution in [2.24, 2.45) is 0 Å². The molecule has 78 valence electrons. The predicted octanol–water partition coefficient (Wildman–Crippen LogP) is 2.79. The molecule has 0 aliphatic carbocycles. The number of ether oxygens (including phenoxy) is 1. The molecule has 0 radical (unpaired) electrons. The van der Waals surface area contributed by atoms with Gasteiger partial charge < -0.3 is 4.74 Å². The molecule has 0 atom stereocenters. The number of carbonyl (C=O) groups excluding carboxylic acids is 1. The Morgan fingerprint density at radius 1 is 1.33 bits per heavy atom. The molecular weight excluding hydrogens is 188 g/mol. The van der Waals surface area contributed by atoms with E-state index in [1.54, 1.807) is 0 Å². The van der Waals surface area contributed by atoms with Gasteiger partial charge in [0.1, 0.15) is 0 Å². The summed E-state index contributed by atoms with van der Waals surface area (Å²) in [5.74, 6) is 0.506. The van der Waals surface area contributed by atoms with Crippen molar-refractivity contribution in [2.45, 2.75) is 20.3 Å². The standard InChI is InChI=1S/C13H14O2/c1-9-5-6-11(10(2)8-9)13(14)12-4-3-7-15-12/h4-6,8H,3,7H2,1-2H3. The van der Waals surface area contributed by atoms with Crippen molar-refractivity contribution < 1.29 is 9.53 Å². The molecule has 0 bridgehead atoms. The fourth-order valence-corrected chi connectivity index (χ4v) is 1.78. The van der Waals surface area contributed by atoms with Crippen LogP contribution in [0.3, 0.4) is 0 Å². The third-order valence-electron chi connectivity index (χ3n) is 2.56.